The first-order chi connectivity index (χ1) is 13.3. The number of anilines is 1. The van der Waals surface area contributed by atoms with Gasteiger partial charge in [-0.2, -0.15) is 0 Å². The number of carbonyl (C=O) groups is 3. The molecule has 10 nitrogen and oxygen atoms in total. The molecule has 0 unspecified atom stereocenters. The molecule has 0 saturated carbocycles. The number of piperidine rings is 1. The number of nitro benzene ring substituents is 1. The molecule has 1 aliphatic heterocycles. The van der Waals surface area contributed by atoms with Crippen LogP contribution in [0, 0.1) is 16.0 Å². The molecule has 1 fully saturated rings. The van der Waals surface area contributed by atoms with E-state index in [1.54, 1.807) is 6.92 Å². The fourth-order valence-electron chi connectivity index (χ4n) is 2.90. The van der Waals surface area contributed by atoms with Crippen LogP contribution in [-0.4, -0.2) is 49.1 Å². The topological polar surface area (TPSA) is 131 Å². The number of urea groups is 1. The van der Waals surface area contributed by atoms with Crippen molar-refractivity contribution in [2.75, 3.05) is 31.1 Å². The first-order valence-electron chi connectivity index (χ1n) is 9.10. The van der Waals surface area contributed by atoms with Crippen molar-refractivity contribution in [3.05, 3.63) is 33.9 Å². The molecule has 0 atom stereocenters. The molecule has 0 aliphatic carbocycles. The molecule has 0 spiro atoms. The second-order valence-electron chi connectivity index (χ2n) is 6.61. The molecule has 1 heterocycles. The number of esters is 1. The summed E-state index contributed by atoms with van der Waals surface area (Å²) in [7, 11) is 0. The molecule has 0 radical (unpaired) electrons. The Morgan fingerprint density at radius 1 is 1.29 bits per heavy atom. The standard InChI is InChI=1S/C18H24N4O6/c1-3-19-18(25)20-16(23)11-28-17(24)14-10-13(22(26)27)4-5-15(14)21-8-6-12(2)7-9-21/h4-5,10,12H,3,6-9,11H2,1-2H3,(H2,19,20,23,25). The second-order valence-corrected chi connectivity index (χ2v) is 6.61. The van der Waals surface area contributed by atoms with Crippen molar-refractivity contribution in [1.82, 2.24) is 10.6 Å². The Balaban J connectivity index is 2.13. The number of benzene rings is 1. The van der Waals surface area contributed by atoms with Gasteiger partial charge in [0.15, 0.2) is 6.61 Å². The predicted octanol–water partition coefficient (Wildman–Crippen LogP) is 1.83. The minimum absolute atomic E-state index is 0.0227. The van der Waals surface area contributed by atoms with Gasteiger partial charge in [0.05, 0.1) is 16.2 Å². The number of imide groups is 1. The maximum Gasteiger partial charge on any atom is 0.341 e. The Morgan fingerprint density at radius 3 is 2.57 bits per heavy atom. The zero-order valence-corrected chi connectivity index (χ0v) is 15.9. The van der Waals surface area contributed by atoms with E-state index in [0.717, 1.165) is 32.0 Å². The van der Waals surface area contributed by atoms with Crippen LogP contribution in [-0.2, 0) is 9.53 Å². The van der Waals surface area contributed by atoms with E-state index in [0.29, 0.717) is 18.2 Å². The number of carbonyl (C=O) groups excluding carboxylic acids is 3. The largest absolute Gasteiger partial charge is 0.452 e. The van der Waals surface area contributed by atoms with E-state index >= 15 is 0 Å². The Morgan fingerprint density at radius 2 is 1.96 bits per heavy atom. The number of nitrogens with one attached hydrogen (secondary N) is 2. The van der Waals surface area contributed by atoms with Gasteiger partial charge >= 0.3 is 12.0 Å². The highest BCUT2D eigenvalue weighted by atomic mass is 16.6. The molecule has 1 aromatic rings. The average molecular weight is 392 g/mol. The summed E-state index contributed by atoms with van der Waals surface area (Å²) in [5, 5.41) is 15.5. The highest BCUT2D eigenvalue weighted by Crippen LogP contribution is 2.29. The molecule has 152 valence electrons. The van der Waals surface area contributed by atoms with Crippen LogP contribution in [0.4, 0.5) is 16.2 Å². The lowest BCUT2D eigenvalue weighted by atomic mass is 9.98. The summed E-state index contributed by atoms with van der Waals surface area (Å²) in [6.07, 6.45) is 1.89. The van der Waals surface area contributed by atoms with Crippen LogP contribution in [0.2, 0.25) is 0 Å². The van der Waals surface area contributed by atoms with Gasteiger partial charge in [-0.1, -0.05) is 6.92 Å². The Hall–Kier alpha value is -3.17. The summed E-state index contributed by atoms with van der Waals surface area (Å²) >= 11 is 0. The van der Waals surface area contributed by atoms with E-state index in [-0.39, 0.29) is 11.3 Å². The van der Waals surface area contributed by atoms with Gasteiger partial charge in [-0.3, -0.25) is 20.2 Å². The van der Waals surface area contributed by atoms with Crippen LogP contribution < -0.4 is 15.5 Å². The minimum Gasteiger partial charge on any atom is -0.452 e. The van der Waals surface area contributed by atoms with Crippen LogP contribution in [0.25, 0.3) is 0 Å². The van der Waals surface area contributed by atoms with E-state index in [2.05, 4.69) is 12.2 Å². The van der Waals surface area contributed by atoms with Gasteiger partial charge in [-0.25, -0.2) is 9.59 Å². The summed E-state index contributed by atoms with van der Waals surface area (Å²) in [6, 6.07) is 3.32. The normalized spacial score (nSPS) is 14.3. The van der Waals surface area contributed by atoms with E-state index < -0.39 is 29.4 Å². The van der Waals surface area contributed by atoms with E-state index in [1.807, 2.05) is 10.2 Å². The number of hydrogen-bond donors (Lipinski definition) is 2. The molecule has 1 aromatic carbocycles. The SMILES string of the molecule is CCNC(=O)NC(=O)COC(=O)c1cc([N+](=O)[O-])ccc1N1CCC(C)CC1. The number of nitro groups is 1. The second kappa shape index (κ2) is 9.67. The molecular weight excluding hydrogens is 368 g/mol. The van der Waals surface area contributed by atoms with E-state index in [1.165, 1.54) is 12.1 Å². The summed E-state index contributed by atoms with van der Waals surface area (Å²) in [5.74, 6) is -1.08. The number of non-ortho nitro benzene ring substituents is 1. The van der Waals surface area contributed by atoms with Crippen LogP contribution in [0.5, 0.6) is 0 Å². The fourth-order valence-corrected chi connectivity index (χ4v) is 2.90. The molecule has 2 N–H and O–H groups in total. The van der Waals surface area contributed by atoms with Crippen molar-refractivity contribution in [2.24, 2.45) is 5.92 Å². The number of nitrogens with zero attached hydrogens (tertiary/aromatic N) is 2. The summed E-state index contributed by atoms with van der Waals surface area (Å²) in [6.45, 7) is 4.94. The highest BCUT2D eigenvalue weighted by Gasteiger charge is 2.25. The Kier molecular flexibility index (Phi) is 7.30. The lowest BCUT2D eigenvalue weighted by Gasteiger charge is -2.33. The molecule has 3 amide bonds. The predicted molar refractivity (Wildman–Crippen MR) is 101 cm³/mol. The fraction of sp³-hybridized carbons (Fsp3) is 0.500. The summed E-state index contributed by atoms with van der Waals surface area (Å²) in [5.41, 5.74) is 0.314. The van der Waals surface area contributed by atoms with Gasteiger partial charge < -0.3 is 15.0 Å². The molecule has 1 aliphatic rings. The number of hydrogen-bond acceptors (Lipinski definition) is 7. The smallest absolute Gasteiger partial charge is 0.341 e. The van der Waals surface area contributed by atoms with Crippen molar-refractivity contribution in [2.45, 2.75) is 26.7 Å². The van der Waals surface area contributed by atoms with Crippen molar-refractivity contribution in [3.8, 4) is 0 Å². The molecular formula is C18H24N4O6. The zero-order chi connectivity index (χ0) is 20.7. The first-order valence-corrected chi connectivity index (χ1v) is 9.10. The van der Waals surface area contributed by atoms with Crippen LogP contribution in [0.15, 0.2) is 18.2 Å². The number of rotatable bonds is 6. The van der Waals surface area contributed by atoms with Crippen LogP contribution in [0.3, 0.4) is 0 Å². The highest BCUT2D eigenvalue weighted by molar-refractivity contribution is 5.99. The van der Waals surface area contributed by atoms with Crippen molar-refractivity contribution in [1.29, 1.82) is 0 Å². The maximum atomic E-state index is 12.5. The molecule has 0 aromatic heterocycles. The number of ether oxygens (including phenoxy) is 1. The van der Waals surface area contributed by atoms with Gasteiger partial charge in [0.1, 0.15) is 0 Å². The van der Waals surface area contributed by atoms with E-state index in [9.17, 15) is 24.5 Å². The Bertz CT molecular complexity index is 758. The van der Waals surface area contributed by atoms with Crippen LogP contribution in [0.1, 0.15) is 37.0 Å². The zero-order valence-electron chi connectivity index (χ0n) is 15.9. The molecule has 1 saturated heterocycles. The quantitative estimate of drug-likeness (QED) is 0.429. The molecule has 28 heavy (non-hydrogen) atoms. The third-order valence-corrected chi connectivity index (χ3v) is 4.46. The van der Waals surface area contributed by atoms with E-state index in [4.69, 9.17) is 4.74 Å². The lowest BCUT2D eigenvalue weighted by molar-refractivity contribution is -0.384. The van der Waals surface area contributed by atoms with Gasteiger partial charge in [-0.05, 0) is 31.7 Å². The van der Waals surface area contributed by atoms with Crippen molar-refractivity contribution < 1.29 is 24.0 Å². The maximum absolute atomic E-state index is 12.5. The van der Waals surface area contributed by atoms with Gasteiger partial charge in [0.2, 0.25) is 0 Å². The summed E-state index contributed by atoms with van der Waals surface area (Å²) < 4.78 is 4.98. The average Bonchev–Trinajstić information content (AvgIpc) is 2.66. The third-order valence-electron chi connectivity index (χ3n) is 4.46. The van der Waals surface area contributed by atoms with Crippen molar-refractivity contribution in [3.63, 3.8) is 0 Å². The van der Waals surface area contributed by atoms with Crippen molar-refractivity contribution >= 4 is 29.3 Å². The van der Waals surface area contributed by atoms with Crippen LogP contribution >= 0.6 is 0 Å². The van der Waals surface area contributed by atoms with Gasteiger partial charge in [-0.15, -0.1) is 0 Å². The Labute approximate surface area is 162 Å². The van der Waals surface area contributed by atoms with Gasteiger partial charge in [0.25, 0.3) is 11.6 Å². The molecule has 2 rings (SSSR count). The lowest BCUT2D eigenvalue weighted by Crippen LogP contribution is -2.41. The minimum atomic E-state index is -0.858. The summed E-state index contributed by atoms with van der Waals surface area (Å²) in [4.78, 5) is 48.0. The molecule has 0 bridgehead atoms. The first kappa shape index (κ1) is 21.1. The van der Waals surface area contributed by atoms with Gasteiger partial charge in [0, 0.05) is 31.8 Å². The monoisotopic (exact) mass is 392 g/mol. The third kappa shape index (κ3) is 5.66. The number of amides is 3. The molecule has 10 heteroatoms.